The number of benzene rings is 1. The van der Waals surface area contributed by atoms with Gasteiger partial charge in [-0.25, -0.2) is 18.1 Å². The van der Waals surface area contributed by atoms with Gasteiger partial charge in [0.1, 0.15) is 17.3 Å². The Morgan fingerprint density at radius 3 is 2.24 bits per heavy atom. The van der Waals surface area contributed by atoms with Crippen LogP contribution in [0.25, 0.3) is 5.69 Å². The monoisotopic (exact) mass is 306 g/mol. The summed E-state index contributed by atoms with van der Waals surface area (Å²) >= 11 is 0. The molecule has 0 fully saturated rings. The molecule has 0 spiro atoms. The Morgan fingerprint density at radius 1 is 1.05 bits per heavy atom. The second-order valence-electron chi connectivity index (χ2n) is 4.14. The first-order valence-corrected chi connectivity index (χ1v) is 5.48. The lowest BCUT2D eigenvalue weighted by atomic mass is 10.3. The van der Waals surface area contributed by atoms with E-state index >= 15 is 0 Å². The highest BCUT2D eigenvalue weighted by Crippen LogP contribution is 2.27. The second-order valence-corrected chi connectivity index (χ2v) is 4.14. The van der Waals surface area contributed by atoms with E-state index in [2.05, 4.69) is 0 Å². The fourth-order valence-electron chi connectivity index (χ4n) is 1.78. The van der Waals surface area contributed by atoms with Crippen molar-refractivity contribution < 1.29 is 22.0 Å². The number of aromatic nitrogens is 2. The van der Waals surface area contributed by atoms with Crippen LogP contribution in [0.15, 0.2) is 33.9 Å². The zero-order valence-corrected chi connectivity index (χ0v) is 10.4. The van der Waals surface area contributed by atoms with Gasteiger partial charge < -0.3 is 0 Å². The van der Waals surface area contributed by atoms with Gasteiger partial charge in [-0.2, -0.15) is 13.2 Å². The van der Waals surface area contributed by atoms with E-state index in [0.717, 1.165) is 13.1 Å². The van der Waals surface area contributed by atoms with E-state index in [1.54, 1.807) is 0 Å². The molecule has 1 aromatic carbocycles. The van der Waals surface area contributed by atoms with Crippen molar-refractivity contribution in [2.24, 2.45) is 7.05 Å². The number of alkyl halides is 3. The highest BCUT2D eigenvalue weighted by atomic mass is 19.4. The summed E-state index contributed by atoms with van der Waals surface area (Å²) < 4.78 is 64.9. The predicted octanol–water partition coefficient (Wildman–Crippen LogP) is 1.83. The van der Waals surface area contributed by atoms with Crippen molar-refractivity contribution in [3.8, 4) is 5.69 Å². The topological polar surface area (TPSA) is 44.0 Å². The normalized spacial score (nSPS) is 11.7. The SMILES string of the molecule is Cn1c(C(F)(F)F)cc(=O)n(-c2cc(F)ccc2F)c1=O. The van der Waals surface area contributed by atoms with Gasteiger partial charge >= 0.3 is 11.9 Å². The van der Waals surface area contributed by atoms with Crippen molar-refractivity contribution in [3.05, 3.63) is 62.4 Å². The molecule has 0 amide bonds. The molecule has 0 N–H and O–H groups in total. The Bertz CT molecular complexity index is 820. The van der Waals surface area contributed by atoms with E-state index in [1.165, 1.54) is 0 Å². The number of hydrogen-bond acceptors (Lipinski definition) is 2. The van der Waals surface area contributed by atoms with Gasteiger partial charge in [-0.05, 0) is 12.1 Å². The lowest BCUT2D eigenvalue weighted by Crippen LogP contribution is -2.41. The molecule has 21 heavy (non-hydrogen) atoms. The summed E-state index contributed by atoms with van der Waals surface area (Å²) in [5, 5.41) is 0. The molecule has 0 saturated heterocycles. The lowest BCUT2D eigenvalue weighted by molar-refractivity contribution is -0.144. The van der Waals surface area contributed by atoms with E-state index in [-0.39, 0.29) is 15.2 Å². The maximum Gasteiger partial charge on any atom is 0.431 e. The van der Waals surface area contributed by atoms with Crippen LogP contribution in [0.5, 0.6) is 0 Å². The number of rotatable bonds is 1. The summed E-state index contributed by atoms with van der Waals surface area (Å²) in [5.74, 6) is -2.06. The van der Waals surface area contributed by atoms with Crippen LogP contribution < -0.4 is 11.2 Å². The maximum atomic E-state index is 13.6. The minimum absolute atomic E-state index is 0.133. The minimum Gasteiger partial charge on any atom is -0.292 e. The van der Waals surface area contributed by atoms with Crippen LogP contribution in [-0.2, 0) is 13.2 Å². The molecule has 0 aliphatic carbocycles. The Hall–Kier alpha value is -2.45. The summed E-state index contributed by atoms with van der Waals surface area (Å²) in [6.07, 6.45) is -4.92. The first-order chi connectivity index (χ1) is 9.62. The van der Waals surface area contributed by atoms with Crippen molar-refractivity contribution in [1.29, 1.82) is 0 Å². The van der Waals surface area contributed by atoms with Gasteiger partial charge in [0.25, 0.3) is 5.56 Å². The molecule has 112 valence electrons. The molecule has 2 rings (SSSR count). The largest absolute Gasteiger partial charge is 0.431 e. The molecule has 0 radical (unpaired) electrons. The van der Waals surface area contributed by atoms with Crippen LogP contribution in [0.3, 0.4) is 0 Å². The Balaban J connectivity index is 2.85. The van der Waals surface area contributed by atoms with E-state index in [0.29, 0.717) is 12.1 Å². The zero-order chi connectivity index (χ0) is 15.9. The molecule has 1 heterocycles. The highest BCUT2D eigenvalue weighted by Gasteiger charge is 2.35. The van der Waals surface area contributed by atoms with Gasteiger partial charge in [-0.15, -0.1) is 0 Å². The van der Waals surface area contributed by atoms with Crippen LogP contribution in [0, 0.1) is 11.6 Å². The molecule has 0 atom stereocenters. The molecule has 0 saturated carbocycles. The number of nitrogens with zero attached hydrogens (tertiary/aromatic N) is 2. The fraction of sp³-hybridized carbons (Fsp3) is 0.167. The first-order valence-electron chi connectivity index (χ1n) is 5.48. The quantitative estimate of drug-likeness (QED) is 0.755. The van der Waals surface area contributed by atoms with E-state index < -0.39 is 40.4 Å². The van der Waals surface area contributed by atoms with Gasteiger partial charge in [-0.3, -0.25) is 9.36 Å². The third kappa shape index (κ3) is 2.58. The third-order valence-corrected chi connectivity index (χ3v) is 2.76. The summed E-state index contributed by atoms with van der Waals surface area (Å²) in [6.45, 7) is 0. The molecule has 0 unspecified atom stereocenters. The van der Waals surface area contributed by atoms with Crippen molar-refractivity contribution in [2.75, 3.05) is 0 Å². The average Bonchev–Trinajstić information content (AvgIpc) is 2.36. The number of halogens is 5. The maximum absolute atomic E-state index is 13.6. The van der Waals surface area contributed by atoms with Gasteiger partial charge in [0.05, 0.1) is 5.69 Å². The van der Waals surface area contributed by atoms with Gasteiger partial charge in [-0.1, -0.05) is 0 Å². The summed E-state index contributed by atoms with van der Waals surface area (Å²) in [4.78, 5) is 23.5. The average molecular weight is 306 g/mol. The Kier molecular flexibility index (Phi) is 3.44. The van der Waals surface area contributed by atoms with Gasteiger partial charge in [0.2, 0.25) is 0 Å². The molecular formula is C12H7F5N2O2. The second kappa shape index (κ2) is 4.83. The molecule has 1 aromatic heterocycles. The van der Waals surface area contributed by atoms with Crippen molar-refractivity contribution in [3.63, 3.8) is 0 Å². The predicted molar refractivity (Wildman–Crippen MR) is 62.2 cm³/mol. The van der Waals surface area contributed by atoms with Gasteiger partial charge in [0.15, 0.2) is 0 Å². The van der Waals surface area contributed by atoms with Crippen molar-refractivity contribution >= 4 is 0 Å². The molecule has 0 aliphatic rings. The molecule has 0 aliphatic heterocycles. The van der Waals surface area contributed by atoms with E-state index in [1.807, 2.05) is 0 Å². The molecule has 2 aromatic rings. The van der Waals surface area contributed by atoms with Crippen LogP contribution in [-0.4, -0.2) is 9.13 Å². The zero-order valence-electron chi connectivity index (χ0n) is 10.4. The summed E-state index contributed by atoms with van der Waals surface area (Å²) in [7, 11) is 0.776. The van der Waals surface area contributed by atoms with Crippen molar-refractivity contribution in [2.45, 2.75) is 6.18 Å². The Morgan fingerprint density at radius 2 is 1.67 bits per heavy atom. The summed E-state index contributed by atoms with van der Waals surface area (Å²) in [5.41, 5.74) is -5.07. The first kappa shape index (κ1) is 14.9. The third-order valence-electron chi connectivity index (χ3n) is 2.76. The molecule has 0 bridgehead atoms. The molecule has 4 nitrogen and oxygen atoms in total. The van der Waals surface area contributed by atoms with Crippen LogP contribution in [0.4, 0.5) is 22.0 Å². The highest BCUT2D eigenvalue weighted by molar-refractivity contribution is 5.34. The molecule has 9 heteroatoms. The van der Waals surface area contributed by atoms with Crippen LogP contribution >= 0.6 is 0 Å². The van der Waals surface area contributed by atoms with Crippen LogP contribution in [0.2, 0.25) is 0 Å². The summed E-state index contributed by atoms with van der Waals surface area (Å²) in [6, 6.07) is 2.10. The van der Waals surface area contributed by atoms with Gasteiger partial charge in [0, 0.05) is 19.2 Å². The standard InChI is InChI=1S/C12H7F5N2O2/c1-18-9(12(15,16)17)5-10(20)19(11(18)21)8-4-6(13)2-3-7(8)14/h2-5H,1H3. The molecular weight excluding hydrogens is 299 g/mol. The lowest BCUT2D eigenvalue weighted by Gasteiger charge is -2.14. The Labute approximate surface area is 113 Å². The fourth-order valence-corrected chi connectivity index (χ4v) is 1.78. The van der Waals surface area contributed by atoms with E-state index in [4.69, 9.17) is 0 Å². The van der Waals surface area contributed by atoms with Crippen molar-refractivity contribution in [1.82, 2.24) is 9.13 Å². The number of hydrogen-bond donors (Lipinski definition) is 0. The van der Waals surface area contributed by atoms with E-state index in [9.17, 15) is 31.5 Å². The minimum atomic E-state index is -4.92. The van der Waals surface area contributed by atoms with Crippen LogP contribution in [0.1, 0.15) is 5.69 Å². The smallest absolute Gasteiger partial charge is 0.292 e.